The zero-order chi connectivity index (χ0) is 15.4. The molecule has 0 saturated heterocycles. The first kappa shape index (κ1) is 14.5. The summed E-state index contributed by atoms with van der Waals surface area (Å²) in [4.78, 5) is 4.35. The van der Waals surface area contributed by atoms with Gasteiger partial charge in [0.1, 0.15) is 12.1 Å². The Morgan fingerprint density at radius 3 is 3.05 bits per heavy atom. The van der Waals surface area contributed by atoms with E-state index in [4.69, 9.17) is 4.42 Å². The summed E-state index contributed by atoms with van der Waals surface area (Å²) in [6, 6.07) is 6.21. The topological polar surface area (TPSA) is 55.9 Å². The van der Waals surface area contributed by atoms with Crippen molar-refractivity contribution in [3.05, 3.63) is 60.0 Å². The molecule has 1 N–H and O–H groups in total. The smallest absolute Gasteiger partial charge is 0.226 e. The van der Waals surface area contributed by atoms with Crippen molar-refractivity contribution in [1.82, 2.24) is 20.1 Å². The summed E-state index contributed by atoms with van der Waals surface area (Å²) in [5.41, 5.74) is 2.57. The summed E-state index contributed by atoms with van der Waals surface area (Å²) >= 11 is 0. The van der Waals surface area contributed by atoms with E-state index in [2.05, 4.69) is 15.4 Å². The molecule has 5 nitrogen and oxygen atoms in total. The largest absolute Gasteiger partial charge is 0.444 e. The van der Waals surface area contributed by atoms with E-state index < -0.39 is 0 Å². The number of nitrogens with one attached hydrogen (secondary N) is 1. The SMILES string of the molecule is Cc1cnn(CCNCc2coc(-c3cccc(F)c3)n2)c1. The number of hydrogen-bond acceptors (Lipinski definition) is 4. The van der Waals surface area contributed by atoms with E-state index in [9.17, 15) is 4.39 Å². The molecule has 6 heteroatoms. The van der Waals surface area contributed by atoms with Gasteiger partial charge >= 0.3 is 0 Å². The Morgan fingerprint density at radius 1 is 1.36 bits per heavy atom. The summed E-state index contributed by atoms with van der Waals surface area (Å²) in [5, 5.41) is 7.50. The van der Waals surface area contributed by atoms with Gasteiger partial charge in [-0.1, -0.05) is 6.07 Å². The quantitative estimate of drug-likeness (QED) is 0.711. The Morgan fingerprint density at radius 2 is 2.27 bits per heavy atom. The Hall–Kier alpha value is -2.47. The lowest BCUT2D eigenvalue weighted by molar-refractivity contribution is 0.546. The molecule has 3 rings (SSSR count). The second-order valence-corrected chi connectivity index (χ2v) is 5.11. The number of oxazole rings is 1. The number of nitrogens with zero attached hydrogens (tertiary/aromatic N) is 3. The molecule has 114 valence electrons. The molecule has 1 aromatic carbocycles. The number of benzene rings is 1. The molecule has 0 aliphatic rings. The Kier molecular flexibility index (Phi) is 4.29. The molecule has 0 radical (unpaired) electrons. The fraction of sp³-hybridized carbons (Fsp3) is 0.250. The van der Waals surface area contributed by atoms with Gasteiger partial charge in [0, 0.05) is 24.8 Å². The van der Waals surface area contributed by atoms with Crippen LogP contribution in [0.1, 0.15) is 11.3 Å². The molecule has 22 heavy (non-hydrogen) atoms. The van der Waals surface area contributed by atoms with Gasteiger partial charge < -0.3 is 9.73 Å². The van der Waals surface area contributed by atoms with Crippen molar-refractivity contribution in [2.75, 3.05) is 6.54 Å². The van der Waals surface area contributed by atoms with Crippen LogP contribution in [0.2, 0.25) is 0 Å². The second kappa shape index (κ2) is 6.53. The van der Waals surface area contributed by atoms with E-state index in [1.807, 2.05) is 24.0 Å². The van der Waals surface area contributed by atoms with E-state index in [0.29, 0.717) is 18.0 Å². The first-order chi connectivity index (χ1) is 10.7. The summed E-state index contributed by atoms with van der Waals surface area (Å²) in [7, 11) is 0. The highest BCUT2D eigenvalue weighted by Crippen LogP contribution is 2.19. The monoisotopic (exact) mass is 300 g/mol. The minimum Gasteiger partial charge on any atom is -0.444 e. The summed E-state index contributed by atoms with van der Waals surface area (Å²) in [6.07, 6.45) is 5.42. The van der Waals surface area contributed by atoms with Gasteiger partial charge in [0.15, 0.2) is 0 Å². The first-order valence-corrected chi connectivity index (χ1v) is 7.11. The van der Waals surface area contributed by atoms with E-state index in [1.165, 1.54) is 12.1 Å². The van der Waals surface area contributed by atoms with Crippen molar-refractivity contribution in [3.8, 4) is 11.5 Å². The molecule has 0 aliphatic heterocycles. The van der Waals surface area contributed by atoms with Gasteiger partial charge in [-0.15, -0.1) is 0 Å². The van der Waals surface area contributed by atoms with Crippen LogP contribution in [0.3, 0.4) is 0 Å². The fourth-order valence-electron chi connectivity index (χ4n) is 2.14. The van der Waals surface area contributed by atoms with Crippen LogP contribution in [-0.2, 0) is 13.1 Å². The maximum absolute atomic E-state index is 13.2. The molecule has 0 aliphatic carbocycles. The van der Waals surface area contributed by atoms with Gasteiger partial charge in [0.25, 0.3) is 0 Å². The van der Waals surface area contributed by atoms with Crippen molar-refractivity contribution in [2.24, 2.45) is 0 Å². The third-order valence-electron chi connectivity index (χ3n) is 3.21. The molecular formula is C16H17FN4O. The average Bonchev–Trinajstić information content (AvgIpc) is 3.13. The van der Waals surface area contributed by atoms with E-state index in [1.54, 1.807) is 18.4 Å². The lowest BCUT2D eigenvalue weighted by Gasteiger charge is -2.02. The molecular weight excluding hydrogens is 283 g/mol. The molecule has 2 heterocycles. The minimum absolute atomic E-state index is 0.301. The zero-order valence-corrected chi connectivity index (χ0v) is 12.3. The highest BCUT2D eigenvalue weighted by molar-refractivity contribution is 5.52. The predicted octanol–water partition coefficient (Wildman–Crippen LogP) is 2.78. The maximum Gasteiger partial charge on any atom is 0.226 e. The second-order valence-electron chi connectivity index (χ2n) is 5.11. The fourth-order valence-corrected chi connectivity index (χ4v) is 2.14. The highest BCUT2D eigenvalue weighted by Gasteiger charge is 2.07. The Balaban J connectivity index is 1.51. The third-order valence-corrected chi connectivity index (χ3v) is 3.21. The van der Waals surface area contributed by atoms with Gasteiger partial charge in [-0.05, 0) is 30.7 Å². The van der Waals surface area contributed by atoms with Gasteiger partial charge in [-0.2, -0.15) is 5.10 Å². The number of hydrogen-bond donors (Lipinski definition) is 1. The maximum atomic E-state index is 13.2. The van der Waals surface area contributed by atoms with Crippen LogP contribution in [0.5, 0.6) is 0 Å². The van der Waals surface area contributed by atoms with Crippen LogP contribution >= 0.6 is 0 Å². The number of aromatic nitrogens is 3. The molecule has 3 aromatic rings. The average molecular weight is 300 g/mol. The van der Waals surface area contributed by atoms with Crippen LogP contribution in [0, 0.1) is 12.7 Å². The predicted molar refractivity (Wildman–Crippen MR) is 80.6 cm³/mol. The zero-order valence-electron chi connectivity index (χ0n) is 12.3. The Bertz CT molecular complexity index is 750. The normalized spacial score (nSPS) is 11.0. The van der Waals surface area contributed by atoms with Gasteiger partial charge in [-0.3, -0.25) is 4.68 Å². The molecule has 0 bridgehead atoms. The molecule has 0 spiro atoms. The van der Waals surface area contributed by atoms with E-state index in [0.717, 1.165) is 24.3 Å². The summed E-state index contributed by atoms with van der Waals surface area (Å²) < 4.78 is 20.5. The summed E-state index contributed by atoms with van der Waals surface area (Å²) in [6.45, 7) is 4.19. The van der Waals surface area contributed by atoms with Gasteiger partial charge in [-0.25, -0.2) is 9.37 Å². The number of rotatable bonds is 6. The molecule has 2 aromatic heterocycles. The minimum atomic E-state index is -0.301. The molecule has 0 saturated carbocycles. The number of aryl methyl sites for hydroxylation is 1. The van der Waals surface area contributed by atoms with Crippen LogP contribution in [0.25, 0.3) is 11.5 Å². The van der Waals surface area contributed by atoms with Gasteiger partial charge in [0.05, 0.1) is 18.4 Å². The van der Waals surface area contributed by atoms with Crippen LogP contribution in [0.4, 0.5) is 4.39 Å². The standard InChI is InChI=1S/C16H17FN4O/c1-12-8-19-21(10-12)6-5-18-9-15-11-22-16(20-15)13-3-2-4-14(17)7-13/h2-4,7-8,10-11,18H,5-6,9H2,1H3. The molecule has 0 atom stereocenters. The molecule has 0 unspecified atom stereocenters. The van der Waals surface area contributed by atoms with Crippen molar-refractivity contribution in [3.63, 3.8) is 0 Å². The van der Waals surface area contributed by atoms with Crippen molar-refractivity contribution >= 4 is 0 Å². The lowest BCUT2D eigenvalue weighted by Crippen LogP contribution is -2.19. The van der Waals surface area contributed by atoms with Gasteiger partial charge in [0.2, 0.25) is 5.89 Å². The van der Waals surface area contributed by atoms with E-state index in [-0.39, 0.29) is 5.82 Å². The summed E-state index contributed by atoms with van der Waals surface area (Å²) in [5.74, 6) is 0.129. The first-order valence-electron chi connectivity index (χ1n) is 7.11. The van der Waals surface area contributed by atoms with Crippen molar-refractivity contribution < 1.29 is 8.81 Å². The Labute approximate surface area is 127 Å². The van der Waals surface area contributed by atoms with Crippen LogP contribution in [-0.4, -0.2) is 21.3 Å². The molecule has 0 fully saturated rings. The lowest BCUT2D eigenvalue weighted by atomic mass is 10.2. The third kappa shape index (κ3) is 3.59. The van der Waals surface area contributed by atoms with Crippen LogP contribution in [0.15, 0.2) is 47.3 Å². The molecule has 0 amide bonds. The van der Waals surface area contributed by atoms with Crippen molar-refractivity contribution in [2.45, 2.75) is 20.0 Å². The van der Waals surface area contributed by atoms with E-state index >= 15 is 0 Å². The number of halogens is 1. The highest BCUT2D eigenvalue weighted by atomic mass is 19.1. The van der Waals surface area contributed by atoms with Crippen LogP contribution < -0.4 is 5.32 Å². The van der Waals surface area contributed by atoms with Crippen molar-refractivity contribution in [1.29, 1.82) is 0 Å².